The molecule has 2 aromatic rings. The number of rotatable bonds is 6. The number of nitrogens with zero attached hydrogens (tertiary/aromatic N) is 1. The molecule has 0 saturated carbocycles. The normalized spacial score (nSPS) is 11.8. The molecule has 2 amide bonds. The molecule has 0 unspecified atom stereocenters. The Labute approximate surface area is 161 Å². The molecule has 0 saturated heterocycles. The molecule has 1 heterocycles. The van der Waals surface area contributed by atoms with Crippen LogP contribution in [0.5, 0.6) is 5.88 Å². The molecule has 1 atom stereocenters. The third-order valence-electron chi connectivity index (χ3n) is 3.62. The van der Waals surface area contributed by atoms with Crippen LogP contribution in [0.3, 0.4) is 0 Å². The molecule has 1 aromatic carbocycles. The molecular formula is C18H19Cl2N3O3. The van der Waals surface area contributed by atoms with Crippen LogP contribution in [0.25, 0.3) is 0 Å². The molecule has 0 aliphatic heterocycles. The number of methoxy groups -OCH3 is 1. The van der Waals surface area contributed by atoms with E-state index < -0.39 is 11.9 Å². The quantitative estimate of drug-likeness (QED) is 0.779. The number of hydrogen-bond acceptors (Lipinski definition) is 4. The number of amides is 2. The number of anilines is 1. The lowest BCUT2D eigenvalue weighted by Crippen LogP contribution is -2.47. The first-order valence-corrected chi connectivity index (χ1v) is 8.64. The highest BCUT2D eigenvalue weighted by Gasteiger charge is 2.25. The first-order valence-electron chi connectivity index (χ1n) is 7.88. The number of pyridine rings is 1. The van der Waals surface area contributed by atoms with Crippen LogP contribution in [-0.2, 0) is 4.79 Å². The van der Waals surface area contributed by atoms with Crippen LogP contribution in [0.2, 0.25) is 10.0 Å². The van der Waals surface area contributed by atoms with Gasteiger partial charge in [-0.15, -0.1) is 0 Å². The number of ether oxygens (including phenoxy) is 1. The second-order valence-electron chi connectivity index (χ2n) is 5.90. The Balaban J connectivity index is 2.11. The summed E-state index contributed by atoms with van der Waals surface area (Å²) in [6.45, 7) is 3.67. The number of hydrogen-bond donors (Lipinski definition) is 2. The lowest BCUT2D eigenvalue weighted by molar-refractivity contribution is -0.118. The molecule has 8 heteroatoms. The van der Waals surface area contributed by atoms with Gasteiger partial charge in [0.1, 0.15) is 6.04 Å². The van der Waals surface area contributed by atoms with Crippen LogP contribution in [-0.4, -0.2) is 29.9 Å². The minimum atomic E-state index is -0.753. The fraction of sp³-hybridized carbons (Fsp3) is 0.278. The van der Waals surface area contributed by atoms with Gasteiger partial charge in [0.2, 0.25) is 11.8 Å². The van der Waals surface area contributed by atoms with Crippen LogP contribution in [0.15, 0.2) is 36.5 Å². The second-order valence-corrected chi connectivity index (χ2v) is 6.74. The van der Waals surface area contributed by atoms with E-state index in [0.717, 1.165) is 0 Å². The van der Waals surface area contributed by atoms with Crippen LogP contribution in [0.4, 0.5) is 5.69 Å². The summed E-state index contributed by atoms with van der Waals surface area (Å²) in [5, 5.41) is 6.09. The highest BCUT2D eigenvalue weighted by molar-refractivity contribution is 6.36. The van der Waals surface area contributed by atoms with E-state index in [1.807, 2.05) is 13.8 Å². The van der Waals surface area contributed by atoms with E-state index in [2.05, 4.69) is 15.6 Å². The molecule has 6 nitrogen and oxygen atoms in total. The van der Waals surface area contributed by atoms with Crippen molar-refractivity contribution < 1.29 is 14.3 Å². The zero-order valence-corrected chi connectivity index (χ0v) is 16.1. The van der Waals surface area contributed by atoms with Crippen molar-refractivity contribution in [2.45, 2.75) is 19.9 Å². The minimum absolute atomic E-state index is 0.142. The summed E-state index contributed by atoms with van der Waals surface area (Å²) in [4.78, 5) is 29.1. The molecule has 0 aliphatic rings. The van der Waals surface area contributed by atoms with Gasteiger partial charge in [-0.25, -0.2) is 4.98 Å². The summed E-state index contributed by atoms with van der Waals surface area (Å²) >= 11 is 11.9. The maximum atomic E-state index is 12.6. The van der Waals surface area contributed by atoms with Crippen molar-refractivity contribution in [2.75, 3.05) is 12.4 Å². The Morgan fingerprint density at radius 2 is 1.88 bits per heavy atom. The number of carbonyl (C=O) groups excluding carboxylic acids is 2. The van der Waals surface area contributed by atoms with Gasteiger partial charge in [-0.05, 0) is 30.2 Å². The Kier molecular flexibility index (Phi) is 6.83. The van der Waals surface area contributed by atoms with Gasteiger partial charge in [-0.2, -0.15) is 0 Å². The van der Waals surface area contributed by atoms with Crippen molar-refractivity contribution in [1.82, 2.24) is 10.3 Å². The highest BCUT2D eigenvalue weighted by atomic mass is 35.5. The van der Waals surface area contributed by atoms with E-state index in [0.29, 0.717) is 16.6 Å². The van der Waals surface area contributed by atoms with E-state index in [9.17, 15) is 9.59 Å². The molecule has 0 aliphatic carbocycles. The first-order chi connectivity index (χ1) is 12.3. The largest absolute Gasteiger partial charge is 0.481 e. The standard InChI is InChI=1S/C18H19Cl2N3O3/c1-10(2)16(18(25)22-12-5-7-15(26-3)21-9-12)23-17(24)13-6-4-11(19)8-14(13)20/h4-10,16H,1-3H3,(H,22,25)(H,23,24)/t16-/m0/s1. The molecule has 0 fully saturated rings. The van der Waals surface area contributed by atoms with Crippen LogP contribution < -0.4 is 15.4 Å². The van der Waals surface area contributed by atoms with Gasteiger partial charge in [0.25, 0.3) is 5.91 Å². The summed E-state index contributed by atoms with van der Waals surface area (Å²) in [6.07, 6.45) is 1.48. The molecule has 138 valence electrons. The predicted octanol–water partition coefficient (Wildman–Crippen LogP) is 3.79. The average molecular weight is 396 g/mol. The summed E-state index contributed by atoms with van der Waals surface area (Å²) < 4.78 is 4.98. The number of nitrogens with one attached hydrogen (secondary N) is 2. The molecule has 0 bridgehead atoms. The fourth-order valence-electron chi connectivity index (χ4n) is 2.22. The van der Waals surface area contributed by atoms with Gasteiger partial charge in [0.15, 0.2) is 0 Å². The maximum Gasteiger partial charge on any atom is 0.253 e. The zero-order valence-electron chi connectivity index (χ0n) is 14.5. The SMILES string of the molecule is COc1ccc(NC(=O)[C@@H](NC(=O)c2ccc(Cl)cc2Cl)C(C)C)cn1. The van der Waals surface area contributed by atoms with Gasteiger partial charge in [0.05, 0.1) is 29.6 Å². The van der Waals surface area contributed by atoms with Crippen molar-refractivity contribution in [1.29, 1.82) is 0 Å². The Morgan fingerprint density at radius 1 is 1.15 bits per heavy atom. The third-order valence-corrected chi connectivity index (χ3v) is 4.17. The van der Waals surface area contributed by atoms with Crippen LogP contribution in [0, 0.1) is 5.92 Å². The van der Waals surface area contributed by atoms with Crippen molar-refractivity contribution in [2.24, 2.45) is 5.92 Å². The van der Waals surface area contributed by atoms with Crippen LogP contribution >= 0.6 is 23.2 Å². The van der Waals surface area contributed by atoms with E-state index in [4.69, 9.17) is 27.9 Å². The Hall–Kier alpha value is -2.31. The number of aromatic nitrogens is 1. The summed E-state index contributed by atoms with van der Waals surface area (Å²) in [7, 11) is 1.51. The van der Waals surface area contributed by atoms with Gasteiger partial charge < -0.3 is 15.4 Å². The van der Waals surface area contributed by atoms with Crippen molar-refractivity contribution in [3.63, 3.8) is 0 Å². The number of carbonyl (C=O) groups is 2. The van der Waals surface area contributed by atoms with Gasteiger partial charge in [-0.1, -0.05) is 37.0 Å². The Bertz CT molecular complexity index is 795. The molecule has 2 rings (SSSR count). The molecule has 2 N–H and O–H groups in total. The average Bonchev–Trinajstić information content (AvgIpc) is 2.59. The lowest BCUT2D eigenvalue weighted by atomic mass is 10.0. The van der Waals surface area contributed by atoms with E-state index in [1.54, 1.807) is 18.2 Å². The Morgan fingerprint density at radius 3 is 2.42 bits per heavy atom. The van der Waals surface area contributed by atoms with Gasteiger partial charge in [0, 0.05) is 11.1 Å². The lowest BCUT2D eigenvalue weighted by Gasteiger charge is -2.22. The van der Waals surface area contributed by atoms with Crippen molar-refractivity contribution in [3.05, 3.63) is 52.1 Å². The van der Waals surface area contributed by atoms with E-state index in [-0.39, 0.29) is 22.4 Å². The smallest absolute Gasteiger partial charge is 0.253 e. The van der Waals surface area contributed by atoms with Gasteiger partial charge >= 0.3 is 0 Å². The monoisotopic (exact) mass is 395 g/mol. The van der Waals surface area contributed by atoms with Gasteiger partial charge in [-0.3, -0.25) is 9.59 Å². The van der Waals surface area contributed by atoms with Crippen molar-refractivity contribution >= 4 is 40.7 Å². The number of benzene rings is 1. The first kappa shape index (κ1) is 20.0. The van der Waals surface area contributed by atoms with Crippen LogP contribution in [0.1, 0.15) is 24.2 Å². The summed E-state index contributed by atoms with van der Waals surface area (Å²) in [5.74, 6) is -0.510. The second kappa shape index (κ2) is 8.87. The molecular weight excluding hydrogens is 377 g/mol. The summed E-state index contributed by atoms with van der Waals surface area (Å²) in [5.41, 5.74) is 0.751. The molecule has 26 heavy (non-hydrogen) atoms. The third kappa shape index (κ3) is 5.09. The minimum Gasteiger partial charge on any atom is -0.481 e. The number of halogens is 2. The predicted molar refractivity (Wildman–Crippen MR) is 102 cm³/mol. The van der Waals surface area contributed by atoms with E-state index >= 15 is 0 Å². The van der Waals surface area contributed by atoms with Crippen molar-refractivity contribution in [3.8, 4) is 5.88 Å². The van der Waals surface area contributed by atoms with E-state index in [1.165, 1.54) is 25.4 Å². The topological polar surface area (TPSA) is 80.3 Å². The zero-order chi connectivity index (χ0) is 19.3. The maximum absolute atomic E-state index is 12.6. The fourth-order valence-corrected chi connectivity index (χ4v) is 2.72. The molecule has 1 aromatic heterocycles. The highest BCUT2D eigenvalue weighted by Crippen LogP contribution is 2.21. The molecule has 0 spiro atoms. The summed E-state index contributed by atoms with van der Waals surface area (Å²) in [6, 6.07) is 7.10. The molecule has 0 radical (unpaired) electrons.